The summed E-state index contributed by atoms with van der Waals surface area (Å²) in [6, 6.07) is 9.10. The third-order valence-corrected chi connectivity index (χ3v) is 10.6. The van der Waals surface area contributed by atoms with E-state index in [1.807, 2.05) is 37.3 Å². The number of unbranched alkanes of at least 4 members (excludes halogenated alkanes) is 2. The van der Waals surface area contributed by atoms with Gasteiger partial charge in [-0.15, -0.1) is 0 Å². The smallest absolute Gasteiger partial charge is 0.405 e. The van der Waals surface area contributed by atoms with Crippen LogP contribution in [-0.2, 0) is 39.2 Å². The molecule has 1 fully saturated rings. The highest BCUT2D eigenvalue weighted by Gasteiger charge is 2.54. The number of carbonyl (C=O) groups is 2. The normalized spacial score (nSPS) is 22.3. The minimum Gasteiger partial charge on any atom is -0.465 e. The van der Waals surface area contributed by atoms with Crippen molar-refractivity contribution in [2.75, 3.05) is 31.3 Å². The first-order chi connectivity index (χ1) is 23.2. The predicted molar refractivity (Wildman–Crippen MR) is 182 cm³/mol. The van der Waals surface area contributed by atoms with Crippen molar-refractivity contribution in [2.24, 2.45) is 5.41 Å². The lowest BCUT2D eigenvalue weighted by atomic mass is 9.96. The largest absolute Gasteiger partial charge is 0.465 e. The number of hydrogen-bond donors (Lipinski definition) is 5. The van der Waals surface area contributed by atoms with Crippen molar-refractivity contribution in [3.63, 3.8) is 0 Å². The molecule has 6 N–H and O–H groups in total. The third-order valence-electron chi connectivity index (χ3n) is 7.90. The molecule has 18 heteroatoms. The summed E-state index contributed by atoms with van der Waals surface area (Å²) in [6.07, 6.45) is 0.177. The van der Waals surface area contributed by atoms with E-state index in [0.29, 0.717) is 6.42 Å². The number of ether oxygens (including phenoxy) is 2. The lowest BCUT2D eigenvalue weighted by molar-refractivity contribution is -0.147. The fraction of sp³-hybridized carbons (Fsp3) is 0.581. The van der Waals surface area contributed by atoms with Gasteiger partial charge in [-0.1, -0.05) is 61.9 Å². The molecule has 3 aromatic rings. The summed E-state index contributed by atoms with van der Waals surface area (Å²) in [7, 11) is -4.09. The molecule has 49 heavy (non-hydrogen) atoms. The number of nitrogen functional groups attached to an aromatic ring is 1. The number of anilines is 1. The van der Waals surface area contributed by atoms with Gasteiger partial charge in [-0.3, -0.25) is 33.0 Å². The number of carbonyl (C=O) groups excluding carboxylic acids is 2. The van der Waals surface area contributed by atoms with Crippen LogP contribution in [-0.4, -0.2) is 84.2 Å². The van der Waals surface area contributed by atoms with Crippen molar-refractivity contribution < 1.29 is 42.9 Å². The number of benzene rings is 1. The molecule has 1 aromatic carbocycles. The van der Waals surface area contributed by atoms with Gasteiger partial charge in [-0.2, -0.15) is 4.98 Å². The van der Waals surface area contributed by atoms with E-state index in [2.05, 4.69) is 20.0 Å². The molecule has 0 bridgehead atoms. The number of aromatic amines is 1. The van der Waals surface area contributed by atoms with Crippen LogP contribution in [0.2, 0.25) is 0 Å². The zero-order chi connectivity index (χ0) is 35.8. The number of nitrogens with zero attached hydrogens (tertiary/aromatic N) is 3. The molecule has 1 aliphatic heterocycles. The van der Waals surface area contributed by atoms with Gasteiger partial charge in [-0.25, -0.2) is 14.6 Å². The van der Waals surface area contributed by atoms with Crippen molar-refractivity contribution >= 4 is 47.7 Å². The van der Waals surface area contributed by atoms with E-state index < -0.39 is 49.4 Å². The highest BCUT2D eigenvalue weighted by molar-refractivity contribution is 8.13. The number of thioether (sulfide) groups is 1. The van der Waals surface area contributed by atoms with Crippen molar-refractivity contribution in [3.8, 4) is 0 Å². The Hall–Kier alpha value is -3.15. The minimum absolute atomic E-state index is 0.0270. The molecule has 3 heterocycles. The second-order valence-electron chi connectivity index (χ2n) is 12.6. The van der Waals surface area contributed by atoms with Crippen molar-refractivity contribution in [1.82, 2.24) is 24.6 Å². The summed E-state index contributed by atoms with van der Waals surface area (Å²) in [4.78, 5) is 47.7. The molecule has 0 saturated carbocycles. The summed E-state index contributed by atoms with van der Waals surface area (Å²) in [5.41, 5.74) is 3.01. The van der Waals surface area contributed by atoms with Gasteiger partial charge in [0, 0.05) is 18.7 Å². The van der Waals surface area contributed by atoms with Gasteiger partial charge in [0.1, 0.15) is 24.4 Å². The van der Waals surface area contributed by atoms with Gasteiger partial charge in [0.25, 0.3) is 5.56 Å². The lowest BCUT2D eigenvalue weighted by Gasteiger charge is -2.27. The fourth-order valence-electron chi connectivity index (χ4n) is 4.98. The Balaban J connectivity index is 1.38. The van der Waals surface area contributed by atoms with Crippen LogP contribution in [0.5, 0.6) is 0 Å². The van der Waals surface area contributed by atoms with E-state index in [9.17, 15) is 29.2 Å². The number of rotatable bonds is 18. The molecule has 0 radical (unpaired) electrons. The second-order valence-corrected chi connectivity index (χ2v) is 15.5. The van der Waals surface area contributed by atoms with Crippen molar-refractivity contribution in [1.29, 1.82) is 0 Å². The third kappa shape index (κ3) is 9.98. The molecular weight excluding hydrogens is 679 g/mol. The number of aromatic nitrogens is 4. The van der Waals surface area contributed by atoms with E-state index in [0.717, 1.165) is 36.6 Å². The van der Waals surface area contributed by atoms with Crippen molar-refractivity contribution in [3.05, 3.63) is 52.6 Å². The summed E-state index contributed by atoms with van der Waals surface area (Å²) in [6.45, 7) is 6.16. The molecule has 16 nitrogen and oxygen atoms in total. The summed E-state index contributed by atoms with van der Waals surface area (Å²) in [5, 5.41) is 24.9. The Kier molecular flexibility index (Phi) is 13.2. The average Bonchev–Trinajstić information content (AvgIpc) is 3.58. The second kappa shape index (κ2) is 16.7. The maximum atomic E-state index is 13.9. The van der Waals surface area contributed by atoms with E-state index in [1.54, 1.807) is 13.8 Å². The number of imidazole rings is 1. The van der Waals surface area contributed by atoms with Crippen LogP contribution in [0.25, 0.3) is 11.2 Å². The number of nitrogens with one attached hydrogen (secondary N) is 2. The Morgan fingerprint density at radius 3 is 2.69 bits per heavy atom. The van der Waals surface area contributed by atoms with Gasteiger partial charge >= 0.3 is 13.7 Å². The number of hydrogen-bond acceptors (Lipinski definition) is 14. The molecule has 0 amide bonds. The zero-order valence-corrected chi connectivity index (χ0v) is 29.7. The van der Waals surface area contributed by atoms with E-state index in [-0.39, 0.29) is 53.7 Å². The van der Waals surface area contributed by atoms with Gasteiger partial charge < -0.3 is 25.4 Å². The van der Waals surface area contributed by atoms with Crippen LogP contribution < -0.4 is 16.4 Å². The molecular formula is C31H45N6O10PS. The minimum atomic E-state index is -4.09. The van der Waals surface area contributed by atoms with E-state index >= 15 is 0 Å². The maximum absolute atomic E-state index is 13.9. The maximum Gasteiger partial charge on any atom is 0.405 e. The lowest BCUT2D eigenvalue weighted by Crippen LogP contribution is -2.44. The average molecular weight is 725 g/mol. The SMILES string of the molecule is CCCCCC(=O)OCC(C)(C)C(=O)SCCOP(=O)(NCc1ccccc1)OCC1OC(n2cnc3c(=O)[nH]c(N)nc32)C(C)(O)C1O. The van der Waals surface area contributed by atoms with E-state index in [4.69, 9.17) is 24.3 Å². The first-order valence-corrected chi connectivity index (χ1v) is 18.5. The molecule has 1 aliphatic rings. The summed E-state index contributed by atoms with van der Waals surface area (Å²) >= 11 is 0.951. The fourth-order valence-corrected chi connectivity index (χ4v) is 7.21. The number of aliphatic hydroxyl groups is 2. The standard InChI is InChI=1S/C31H45N6O10PS/c1-5-6-8-13-22(38)44-18-30(2,3)28(41)49-15-14-45-48(43,34-16-20-11-9-7-10-12-20)46-17-21-24(39)31(4,42)27(47-21)37-19-33-23-25(37)35-29(32)36-26(23)40/h7,9-12,19,21,24,27,39,42H,5-6,8,13-18H2,1-4H3,(H,34,43)(H3,32,35,36,40). The number of esters is 1. The molecule has 0 spiro atoms. The van der Waals surface area contributed by atoms with Gasteiger partial charge in [0.15, 0.2) is 22.5 Å². The zero-order valence-electron chi connectivity index (χ0n) is 28.0. The molecule has 5 unspecified atom stereocenters. The quantitative estimate of drug-likeness (QED) is 0.0721. The summed E-state index contributed by atoms with van der Waals surface area (Å²) < 4.78 is 37.9. The van der Waals surface area contributed by atoms with Crippen LogP contribution in [0.15, 0.2) is 41.5 Å². The molecule has 0 aliphatic carbocycles. The van der Waals surface area contributed by atoms with E-state index in [1.165, 1.54) is 17.8 Å². The van der Waals surface area contributed by atoms with Crippen LogP contribution in [0.3, 0.4) is 0 Å². The Bertz CT molecular complexity index is 1680. The Morgan fingerprint density at radius 1 is 1.24 bits per heavy atom. The monoisotopic (exact) mass is 724 g/mol. The van der Waals surface area contributed by atoms with Crippen LogP contribution >= 0.6 is 19.5 Å². The molecule has 1 saturated heterocycles. The molecule has 2 aromatic heterocycles. The number of nitrogens with two attached hydrogens (primary N) is 1. The number of aliphatic hydroxyl groups excluding tert-OH is 1. The highest BCUT2D eigenvalue weighted by atomic mass is 32.2. The van der Waals surface area contributed by atoms with Crippen LogP contribution in [0, 0.1) is 5.41 Å². The predicted octanol–water partition coefficient (Wildman–Crippen LogP) is 3.05. The van der Waals surface area contributed by atoms with Gasteiger partial charge in [0.05, 0.1) is 25.0 Å². The molecule has 5 atom stereocenters. The number of H-pyrrole nitrogens is 1. The molecule has 270 valence electrons. The topological polar surface area (TPSA) is 230 Å². The van der Waals surface area contributed by atoms with Gasteiger partial charge in [-0.05, 0) is 32.8 Å². The van der Waals surface area contributed by atoms with Crippen LogP contribution in [0.4, 0.5) is 5.95 Å². The van der Waals surface area contributed by atoms with Crippen molar-refractivity contribution in [2.45, 2.75) is 84.0 Å². The first-order valence-electron chi connectivity index (χ1n) is 16.0. The van der Waals surface area contributed by atoms with Gasteiger partial charge in [0.2, 0.25) is 5.95 Å². The summed E-state index contributed by atoms with van der Waals surface area (Å²) in [5.74, 6) is -0.399. The Labute approximate surface area is 288 Å². The molecule has 4 rings (SSSR count). The van der Waals surface area contributed by atoms with Crippen LogP contribution in [0.1, 0.15) is 65.2 Å². The number of fused-ring (bicyclic) bond motifs is 1. The first kappa shape index (κ1) is 38.6. The Morgan fingerprint density at radius 2 is 1.98 bits per heavy atom. The highest BCUT2D eigenvalue weighted by Crippen LogP contribution is 2.47.